The first-order valence-corrected chi connectivity index (χ1v) is 9.80. The maximum absolute atomic E-state index is 12.3. The van der Waals surface area contributed by atoms with Gasteiger partial charge in [0, 0.05) is 29.5 Å². The van der Waals surface area contributed by atoms with Crippen LogP contribution in [-0.4, -0.2) is 38.4 Å². The normalized spacial score (nSPS) is 20.1. The van der Waals surface area contributed by atoms with Crippen molar-refractivity contribution in [2.24, 2.45) is 5.92 Å². The number of hydrogen-bond donors (Lipinski definition) is 1. The molecule has 1 aromatic rings. The molecule has 2 aliphatic rings. The van der Waals surface area contributed by atoms with Gasteiger partial charge in [0.05, 0.1) is 4.90 Å². The van der Waals surface area contributed by atoms with Crippen LogP contribution in [0.1, 0.15) is 25.7 Å². The summed E-state index contributed by atoms with van der Waals surface area (Å²) in [7, 11) is -3.49. The average molecular weight is 387 g/mol. The topological polar surface area (TPSA) is 66.5 Å². The van der Waals surface area contributed by atoms with Crippen LogP contribution in [0.25, 0.3) is 0 Å². The minimum absolute atomic E-state index is 0.100. The molecule has 7 heteroatoms. The fourth-order valence-corrected chi connectivity index (χ4v) is 4.28. The predicted molar refractivity (Wildman–Crippen MR) is 86.8 cm³/mol. The van der Waals surface area contributed by atoms with Gasteiger partial charge < -0.3 is 4.90 Å². The molecular formula is C15H19BrN2O3S. The Hall–Kier alpha value is -0.920. The monoisotopic (exact) mass is 386 g/mol. The molecule has 1 saturated heterocycles. The minimum atomic E-state index is -3.49. The first kappa shape index (κ1) is 16.0. The molecule has 1 aliphatic heterocycles. The summed E-state index contributed by atoms with van der Waals surface area (Å²) in [5, 5.41) is 0. The number of amides is 1. The molecule has 0 aromatic heterocycles. The molecule has 1 amide bonds. The molecule has 0 atom stereocenters. The summed E-state index contributed by atoms with van der Waals surface area (Å²) in [6, 6.07) is 6.49. The zero-order valence-corrected chi connectivity index (χ0v) is 14.6. The van der Waals surface area contributed by atoms with Crippen LogP contribution in [0, 0.1) is 5.92 Å². The summed E-state index contributed by atoms with van der Waals surface area (Å²) in [6.07, 6.45) is 3.37. The summed E-state index contributed by atoms with van der Waals surface area (Å²) in [6.45, 7) is 1.28. The van der Waals surface area contributed by atoms with Crippen molar-refractivity contribution in [2.45, 2.75) is 36.6 Å². The number of carbonyl (C=O) groups excluding carboxylic acids is 1. The molecule has 3 rings (SSSR count). The van der Waals surface area contributed by atoms with Crippen molar-refractivity contribution in [2.75, 3.05) is 13.1 Å². The lowest BCUT2D eigenvalue weighted by Crippen LogP contribution is -2.46. The van der Waals surface area contributed by atoms with Crippen LogP contribution in [0.3, 0.4) is 0 Å². The fourth-order valence-electron chi connectivity index (χ4n) is 2.71. The van der Waals surface area contributed by atoms with E-state index in [1.165, 1.54) is 0 Å². The summed E-state index contributed by atoms with van der Waals surface area (Å²) in [4.78, 5) is 14.1. The highest BCUT2D eigenvalue weighted by molar-refractivity contribution is 9.10. The van der Waals surface area contributed by atoms with Gasteiger partial charge in [-0.2, -0.15) is 0 Å². The molecule has 1 heterocycles. The van der Waals surface area contributed by atoms with Crippen LogP contribution in [0.5, 0.6) is 0 Å². The molecule has 0 unspecified atom stereocenters. The number of hydrogen-bond acceptors (Lipinski definition) is 3. The lowest BCUT2D eigenvalue weighted by molar-refractivity contribution is -0.133. The summed E-state index contributed by atoms with van der Waals surface area (Å²) >= 11 is 3.29. The number of sulfonamides is 1. The molecule has 1 aromatic carbocycles. The second kappa shape index (κ2) is 6.29. The van der Waals surface area contributed by atoms with Crippen molar-refractivity contribution >= 4 is 31.9 Å². The number of nitrogens with zero attached hydrogens (tertiary/aromatic N) is 1. The predicted octanol–water partition coefficient (Wildman–Crippen LogP) is 2.13. The lowest BCUT2D eigenvalue weighted by Gasteiger charge is -2.32. The van der Waals surface area contributed by atoms with Crippen LogP contribution >= 0.6 is 15.9 Å². The molecule has 22 heavy (non-hydrogen) atoms. The van der Waals surface area contributed by atoms with Gasteiger partial charge in [-0.3, -0.25) is 4.79 Å². The summed E-state index contributed by atoms with van der Waals surface area (Å²) < 4.78 is 28.3. The van der Waals surface area contributed by atoms with Gasteiger partial charge in [-0.1, -0.05) is 15.9 Å². The standard InChI is InChI=1S/C15H19BrN2O3S/c16-12-3-5-14(6-4-12)22(20,21)17-13-7-9-18(10-8-13)15(19)11-1-2-11/h3-6,11,13,17H,1-2,7-10H2. The molecule has 5 nitrogen and oxygen atoms in total. The molecular weight excluding hydrogens is 368 g/mol. The number of benzene rings is 1. The molecule has 1 saturated carbocycles. The van der Waals surface area contributed by atoms with E-state index in [1.54, 1.807) is 24.3 Å². The van der Waals surface area contributed by atoms with Gasteiger partial charge in [-0.05, 0) is 49.9 Å². The van der Waals surface area contributed by atoms with Crippen molar-refractivity contribution in [3.05, 3.63) is 28.7 Å². The van der Waals surface area contributed by atoms with Crippen molar-refractivity contribution in [1.29, 1.82) is 0 Å². The van der Waals surface area contributed by atoms with Gasteiger partial charge in [-0.15, -0.1) is 0 Å². The van der Waals surface area contributed by atoms with Gasteiger partial charge >= 0.3 is 0 Å². The average Bonchev–Trinajstić information content (AvgIpc) is 3.32. The van der Waals surface area contributed by atoms with Crippen LogP contribution in [0.15, 0.2) is 33.6 Å². The molecule has 2 fully saturated rings. The highest BCUT2D eigenvalue weighted by atomic mass is 79.9. The zero-order chi connectivity index (χ0) is 15.7. The highest BCUT2D eigenvalue weighted by Crippen LogP contribution is 2.32. The van der Waals surface area contributed by atoms with Crippen molar-refractivity contribution in [3.8, 4) is 0 Å². The van der Waals surface area contributed by atoms with E-state index < -0.39 is 10.0 Å². The van der Waals surface area contributed by atoms with Crippen LogP contribution in [0.4, 0.5) is 0 Å². The van der Waals surface area contributed by atoms with Crippen molar-refractivity contribution in [1.82, 2.24) is 9.62 Å². The van der Waals surface area contributed by atoms with E-state index >= 15 is 0 Å². The maximum Gasteiger partial charge on any atom is 0.240 e. The van der Waals surface area contributed by atoms with Gasteiger partial charge in [0.2, 0.25) is 15.9 Å². The maximum atomic E-state index is 12.3. The Labute approximate surface area is 139 Å². The highest BCUT2D eigenvalue weighted by Gasteiger charge is 2.35. The van der Waals surface area contributed by atoms with Crippen molar-refractivity contribution in [3.63, 3.8) is 0 Å². The third-order valence-corrected chi connectivity index (χ3v) is 6.24. The largest absolute Gasteiger partial charge is 0.342 e. The molecule has 0 radical (unpaired) electrons. The molecule has 120 valence electrons. The Morgan fingerprint density at radius 1 is 1.09 bits per heavy atom. The van der Waals surface area contributed by atoms with E-state index in [9.17, 15) is 13.2 Å². The smallest absolute Gasteiger partial charge is 0.240 e. The first-order valence-electron chi connectivity index (χ1n) is 7.52. The van der Waals surface area contributed by atoms with Crippen LogP contribution < -0.4 is 4.72 Å². The Balaban J connectivity index is 1.57. The summed E-state index contributed by atoms with van der Waals surface area (Å²) in [5.74, 6) is 0.477. The van der Waals surface area contributed by atoms with Crippen LogP contribution in [-0.2, 0) is 14.8 Å². The number of rotatable bonds is 4. The number of halogens is 1. The number of nitrogens with one attached hydrogen (secondary N) is 1. The Bertz CT molecular complexity index is 648. The SMILES string of the molecule is O=C(C1CC1)N1CCC(NS(=O)(=O)c2ccc(Br)cc2)CC1. The summed E-state index contributed by atoms with van der Waals surface area (Å²) in [5.41, 5.74) is 0. The van der Waals surface area contributed by atoms with Gasteiger partial charge in [-0.25, -0.2) is 13.1 Å². The minimum Gasteiger partial charge on any atom is -0.342 e. The van der Waals surface area contributed by atoms with Gasteiger partial charge in [0.25, 0.3) is 0 Å². The molecule has 1 aliphatic carbocycles. The van der Waals surface area contributed by atoms with E-state index in [0.29, 0.717) is 25.9 Å². The molecule has 0 bridgehead atoms. The van der Waals surface area contributed by atoms with E-state index in [2.05, 4.69) is 20.7 Å². The second-order valence-electron chi connectivity index (χ2n) is 5.95. The van der Waals surface area contributed by atoms with Gasteiger partial charge in [0.15, 0.2) is 0 Å². The van der Waals surface area contributed by atoms with Gasteiger partial charge in [0.1, 0.15) is 0 Å². The number of piperidine rings is 1. The van der Waals surface area contributed by atoms with E-state index in [4.69, 9.17) is 0 Å². The lowest BCUT2D eigenvalue weighted by atomic mass is 10.1. The Morgan fingerprint density at radius 3 is 2.23 bits per heavy atom. The first-order chi connectivity index (χ1) is 10.5. The quantitative estimate of drug-likeness (QED) is 0.861. The third kappa shape index (κ3) is 3.70. The fraction of sp³-hybridized carbons (Fsp3) is 0.533. The van der Waals surface area contributed by atoms with E-state index in [1.807, 2.05) is 4.90 Å². The Kier molecular flexibility index (Phi) is 4.56. The Morgan fingerprint density at radius 2 is 1.68 bits per heavy atom. The molecule has 1 N–H and O–H groups in total. The van der Waals surface area contributed by atoms with Crippen molar-refractivity contribution < 1.29 is 13.2 Å². The number of carbonyl (C=O) groups is 1. The second-order valence-corrected chi connectivity index (χ2v) is 8.58. The zero-order valence-electron chi connectivity index (χ0n) is 12.2. The third-order valence-electron chi connectivity index (χ3n) is 4.18. The number of likely N-dealkylation sites (tertiary alicyclic amines) is 1. The van der Waals surface area contributed by atoms with E-state index in [-0.39, 0.29) is 22.8 Å². The molecule has 0 spiro atoms. The van der Waals surface area contributed by atoms with Crippen LogP contribution in [0.2, 0.25) is 0 Å². The van der Waals surface area contributed by atoms with E-state index in [0.717, 1.165) is 17.3 Å².